The molecule has 4 nitrogen and oxygen atoms in total. The van der Waals surface area contributed by atoms with Crippen LogP contribution in [-0.2, 0) is 11.0 Å². The average molecular weight is 359 g/mol. The normalized spacial score (nSPS) is 11.6. The van der Waals surface area contributed by atoms with Gasteiger partial charge in [-0.2, -0.15) is 18.4 Å². The molecule has 0 spiro atoms. The van der Waals surface area contributed by atoms with Crippen LogP contribution in [0.4, 0.5) is 24.5 Å². The number of rotatable bonds is 4. The van der Waals surface area contributed by atoms with E-state index in [0.29, 0.717) is 5.69 Å². The second kappa shape index (κ2) is 7.74. The Morgan fingerprint density at radius 2 is 1.73 bits per heavy atom. The zero-order chi connectivity index (χ0) is 19.3. The number of nitrogens with one attached hydrogen (secondary N) is 2. The predicted molar refractivity (Wildman–Crippen MR) is 93.3 cm³/mol. The SMILES string of the molecule is Cc1cc(C)cc(N/C=C(/C#N)C(=O)Nc2ccccc2C(F)(F)F)c1. The van der Waals surface area contributed by atoms with Crippen molar-refractivity contribution in [3.63, 3.8) is 0 Å². The van der Waals surface area contributed by atoms with Gasteiger partial charge < -0.3 is 10.6 Å². The van der Waals surface area contributed by atoms with Crippen molar-refractivity contribution in [2.24, 2.45) is 0 Å². The number of anilines is 2. The third kappa shape index (κ3) is 4.86. The van der Waals surface area contributed by atoms with E-state index in [1.807, 2.05) is 32.0 Å². The lowest BCUT2D eigenvalue weighted by Gasteiger charge is -2.13. The fraction of sp³-hybridized carbons (Fsp3) is 0.158. The lowest BCUT2D eigenvalue weighted by atomic mass is 10.1. The predicted octanol–water partition coefficient (Wildman–Crippen LogP) is 4.78. The molecule has 134 valence electrons. The number of alkyl halides is 3. The van der Waals surface area contributed by atoms with Crippen LogP contribution in [0.1, 0.15) is 16.7 Å². The average Bonchev–Trinajstić information content (AvgIpc) is 2.54. The van der Waals surface area contributed by atoms with Crippen molar-refractivity contribution in [1.82, 2.24) is 0 Å². The Hall–Kier alpha value is -3.27. The van der Waals surface area contributed by atoms with Crippen LogP contribution in [0, 0.1) is 25.2 Å². The first-order valence-corrected chi connectivity index (χ1v) is 7.63. The van der Waals surface area contributed by atoms with Crippen LogP contribution < -0.4 is 10.6 Å². The van der Waals surface area contributed by atoms with E-state index in [1.165, 1.54) is 18.3 Å². The molecule has 0 unspecified atom stereocenters. The highest BCUT2D eigenvalue weighted by atomic mass is 19.4. The van der Waals surface area contributed by atoms with Crippen LogP contribution in [0.5, 0.6) is 0 Å². The van der Waals surface area contributed by atoms with Crippen molar-refractivity contribution in [2.75, 3.05) is 10.6 Å². The van der Waals surface area contributed by atoms with Crippen LogP contribution >= 0.6 is 0 Å². The second-order valence-corrected chi connectivity index (χ2v) is 5.69. The van der Waals surface area contributed by atoms with E-state index >= 15 is 0 Å². The molecule has 2 aromatic rings. The van der Waals surface area contributed by atoms with Crippen LogP contribution in [0.15, 0.2) is 54.2 Å². The first kappa shape index (κ1) is 19.1. The number of halogens is 3. The Bertz CT molecular complexity index is 875. The van der Waals surface area contributed by atoms with E-state index in [9.17, 15) is 18.0 Å². The molecule has 0 aromatic heterocycles. The van der Waals surface area contributed by atoms with Gasteiger partial charge in [-0.3, -0.25) is 4.79 Å². The highest BCUT2D eigenvalue weighted by molar-refractivity contribution is 6.07. The molecule has 2 rings (SSSR count). The monoisotopic (exact) mass is 359 g/mol. The molecular weight excluding hydrogens is 343 g/mol. The van der Waals surface area contributed by atoms with Gasteiger partial charge in [0.2, 0.25) is 0 Å². The lowest BCUT2D eigenvalue weighted by molar-refractivity contribution is -0.137. The Morgan fingerprint density at radius 3 is 2.31 bits per heavy atom. The van der Waals surface area contributed by atoms with E-state index in [-0.39, 0.29) is 5.57 Å². The number of hydrogen-bond acceptors (Lipinski definition) is 3. The number of hydrogen-bond donors (Lipinski definition) is 2. The summed E-state index contributed by atoms with van der Waals surface area (Å²) in [6.45, 7) is 3.79. The zero-order valence-corrected chi connectivity index (χ0v) is 14.1. The third-order valence-electron chi connectivity index (χ3n) is 3.45. The second-order valence-electron chi connectivity index (χ2n) is 5.69. The number of nitrogens with zero attached hydrogens (tertiary/aromatic N) is 1. The molecule has 0 saturated carbocycles. The summed E-state index contributed by atoms with van der Waals surface area (Å²) in [4.78, 5) is 12.2. The van der Waals surface area contributed by atoms with Crippen LogP contribution in [0.25, 0.3) is 0 Å². The lowest BCUT2D eigenvalue weighted by Crippen LogP contribution is -2.18. The van der Waals surface area contributed by atoms with E-state index in [1.54, 1.807) is 6.07 Å². The smallest absolute Gasteiger partial charge is 0.360 e. The fourth-order valence-corrected chi connectivity index (χ4v) is 2.39. The Labute approximate surface area is 149 Å². The first-order chi connectivity index (χ1) is 12.2. The number of benzene rings is 2. The molecule has 7 heteroatoms. The number of amides is 1. The first-order valence-electron chi connectivity index (χ1n) is 7.63. The zero-order valence-electron chi connectivity index (χ0n) is 14.1. The van der Waals surface area contributed by atoms with Crippen molar-refractivity contribution in [2.45, 2.75) is 20.0 Å². The molecule has 0 radical (unpaired) electrons. The van der Waals surface area contributed by atoms with Crippen molar-refractivity contribution in [3.8, 4) is 6.07 Å². The minimum Gasteiger partial charge on any atom is -0.360 e. The van der Waals surface area contributed by atoms with Crippen molar-refractivity contribution >= 4 is 17.3 Å². The topological polar surface area (TPSA) is 64.9 Å². The number of nitriles is 1. The molecular formula is C19H16F3N3O. The molecule has 0 fully saturated rings. The van der Waals surface area contributed by atoms with E-state index in [0.717, 1.165) is 23.3 Å². The Kier molecular flexibility index (Phi) is 5.68. The maximum Gasteiger partial charge on any atom is 0.418 e. The van der Waals surface area contributed by atoms with Gasteiger partial charge in [0, 0.05) is 11.9 Å². The number of carbonyl (C=O) groups excluding carboxylic acids is 1. The molecule has 2 N–H and O–H groups in total. The molecule has 1 amide bonds. The van der Waals surface area contributed by atoms with Crippen molar-refractivity contribution in [3.05, 3.63) is 70.9 Å². The highest BCUT2D eigenvalue weighted by Crippen LogP contribution is 2.34. The summed E-state index contributed by atoms with van der Waals surface area (Å²) in [5.74, 6) is -0.930. The largest absolute Gasteiger partial charge is 0.418 e. The van der Waals surface area contributed by atoms with Gasteiger partial charge >= 0.3 is 6.18 Å². The summed E-state index contributed by atoms with van der Waals surface area (Å²) in [5, 5.41) is 14.1. The van der Waals surface area contributed by atoms with Crippen LogP contribution in [0.2, 0.25) is 0 Å². The summed E-state index contributed by atoms with van der Waals surface area (Å²) >= 11 is 0. The molecule has 0 aliphatic carbocycles. The van der Waals surface area contributed by atoms with Gasteiger partial charge in [0.15, 0.2) is 0 Å². The van der Waals surface area contributed by atoms with Gasteiger partial charge in [-0.1, -0.05) is 18.2 Å². The standard InChI is InChI=1S/C19H16F3N3O/c1-12-7-13(2)9-15(8-12)24-11-14(10-23)18(26)25-17-6-4-3-5-16(17)19(20,21)22/h3-9,11,24H,1-2H3,(H,25,26)/b14-11-. The Balaban J connectivity index is 2.21. The van der Waals surface area contributed by atoms with Crippen LogP contribution in [-0.4, -0.2) is 5.91 Å². The molecule has 2 aromatic carbocycles. The van der Waals surface area contributed by atoms with Crippen molar-refractivity contribution < 1.29 is 18.0 Å². The van der Waals surface area contributed by atoms with Gasteiger partial charge in [-0.05, 0) is 49.2 Å². The molecule has 0 aliphatic heterocycles. The Morgan fingerprint density at radius 1 is 1.12 bits per heavy atom. The molecule has 0 aliphatic rings. The van der Waals surface area contributed by atoms with E-state index in [4.69, 9.17) is 5.26 Å². The molecule has 26 heavy (non-hydrogen) atoms. The summed E-state index contributed by atoms with van der Waals surface area (Å²) < 4.78 is 39.0. The number of para-hydroxylation sites is 1. The number of aryl methyl sites for hydroxylation is 2. The maximum atomic E-state index is 13.0. The van der Waals surface area contributed by atoms with Gasteiger partial charge in [0.25, 0.3) is 5.91 Å². The minimum atomic E-state index is -4.61. The van der Waals surface area contributed by atoms with Gasteiger partial charge in [-0.15, -0.1) is 0 Å². The molecule has 0 atom stereocenters. The minimum absolute atomic E-state index is 0.346. The molecule has 0 heterocycles. The summed E-state index contributed by atoms with van der Waals surface area (Å²) in [6.07, 6.45) is -3.45. The van der Waals surface area contributed by atoms with Gasteiger partial charge in [-0.25, -0.2) is 0 Å². The summed E-state index contributed by atoms with van der Waals surface area (Å²) in [7, 11) is 0. The van der Waals surface area contributed by atoms with Crippen molar-refractivity contribution in [1.29, 1.82) is 5.26 Å². The quantitative estimate of drug-likeness (QED) is 0.610. The molecule has 0 bridgehead atoms. The maximum absolute atomic E-state index is 13.0. The van der Waals surface area contributed by atoms with E-state index < -0.39 is 23.3 Å². The van der Waals surface area contributed by atoms with Gasteiger partial charge in [0.1, 0.15) is 11.6 Å². The van der Waals surface area contributed by atoms with E-state index in [2.05, 4.69) is 10.6 Å². The fourth-order valence-electron chi connectivity index (χ4n) is 2.39. The molecule has 0 saturated heterocycles. The van der Waals surface area contributed by atoms with Crippen LogP contribution in [0.3, 0.4) is 0 Å². The summed E-state index contributed by atoms with van der Waals surface area (Å²) in [6, 6.07) is 11.9. The summed E-state index contributed by atoms with van der Waals surface area (Å²) in [5.41, 5.74) is 0.913. The van der Waals surface area contributed by atoms with Gasteiger partial charge in [0.05, 0.1) is 11.3 Å². The third-order valence-corrected chi connectivity index (χ3v) is 3.45. The highest BCUT2D eigenvalue weighted by Gasteiger charge is 2.33. The number of carbonyl (C=O) groups is 1.